The van der Waals surface area contributed by atoms with Crippen LogP contribution in [0.4, 0.5) is 0 Å². The Morgan fingerprint density at radius 1 is 1.35 bits per heavy atom. The Kier molecular flexibility index (Phi) is 3.72. The number of rotatable bonds is 4. The van der Waals surface area contributed by atoms with Crippen molar-refractivity contribution in [2.75, 3.05) is 13.2 Å². The van der Waals surface area contributed by atoms with Crippen molar-refractivity contribution in [3.8, 4) is 5.75 Å². The number of hydrogen-bond acceptors (Lipinski definition) is 5. The molecular formula is C16H16ClN3O3. The van der Waals surface area contributed by atoms with Gasteiger partial charge in [-0.2, -0.15) is 5.10 Å². The standard InChI is InChI=1S/C16H16ClN3O3/c17-16-12(11-3-1-2-4-14(11)23-16)7-20-6-10(5-19-20)22-15-9-21-8-13(15)18/h1-6,13,15H,7-9,18H2/t13-,15+/m0/s1. The van der Waals surface area contributed by atoms with Gasteiger partial charge in [-0.25, -0.2) is 0 Å². The van der Waals surface area contributed by atoms with Gasteiger partial charge in [0, 0.05) is 10.9 Å². The highest BCUT2D eigenvalue weighted by Gasteiger charge is 2.27. The summed E-state index contributed by atoms with van der Waals surface area (Å²) in [6.07, 6.45) is 3.36. The summed E-state index contributed by atoms with van der Waals surface area (Å²) in [5.74, 6) is 0.667. The van der Waals surface area contributed by atoms with Gasteiger partial charge < -0.3 is 19.6 Å². The van der Waals surface area contributed by atoms with E-state index in [1.807, 2.05) is 30.5 Å². The quantitative estimate of drug-likeness (QED) is 0.793. The van der Waals surface area contributed by atoms with Gasteiger partial charge in [-0.15, -0.1) is 0 Å². The lowest BCUT2D eigenvalue weighted by Gasteiger charge is -2.13. The molecule has 0 unspecified atom stereocenters. The number of nitrogens with two attached hydrogens (primary N) is 1. The number of para-hydroxylation sites is 1. The molecular weight excluding hydrogens is 318 g/mol. The highest BCUT2D eigenvalue weighted by atomic mass is 35.5. The number of aromatic nitrogens is 2. The molecule has 0 radical (unpaired) electrons. The van der Waals surface area contributed by atoms with E-state index in [-0.39, 0.29) is 12.1 Å². The van der Waals surface area contributed by atoms with Crippen LogP contribution in [0.25, 0.3) is 11.0 Å². The lowest BCUT2D eigenvalue weighted by molar-refractivity contribution is 0.140. The van der Waals surface area contributed by atoms with E-state index in [4.69, 9.17) is 31.2 Å². The monoisotopic (exact) mass is 333 g/mol. The van der Waals surface area contributed by atoms with Gasteiger partial charge in [0.2, 0.25) is 0 Å². The van der Waals surface area contributed by atoms with Crippen LogP contribution in [0.2, 0.25) is 5.22 Å². The lowest BCUT2D eigenvalue weighted by atomic mass is 10.2. The smallest absolute Gasteiger partial charge is 0.199 e. The van der Waals surface area contributed by atoms with Gasteiger partial charge in [0.05, 0.1) is 38.2 Å². The van der Waals surface area contributed by atoms with Crippen LogP contribution in [0.1, 0.15) is 5.56 Å². The molecule has 1 aliphatic rings. The molecule has 1 aromatic carbocycles. The number of benzene rings is 1. The zero-order valence-corrected chi connectivity index (χ0v) is 13.1. The SMILES string of the molecule is N[C@H]1COC[C@H]1Oc1cnn(Cc2c(Cl)oc3ccccc23)c1. The molecule has 4 rings (SSSR count). The maximum atomic E-state index is 6.21. The maximum absolute atomic E-state index is 6.21. The summed E-state index contributed by atoms with van der Waals surface area (Å²) < 4.78 is 18.4. The molecule has 1 aliphatic heterocycles. The van der Waals surface area contributed by atoms with Crippen molar-refractivity contribution in [3.63, 3.8) is 0 Å². The van der Waals surface area contributed by atoms with Crippen molar-refractivity contribution in [1.82, 2.24) is 9.78 Å². The molecule has 6 nitrogen and oxygen atoms in total. The second-order valence-corrected chi connectivity index (χ2v) is 5.92. The summed E-state index contributed by atoms with van der Waals surface area (Å²) in [6.45, 7) is 1.53. The average molecular weight is 334 g/mol. The molecule has 7 heteroatoms. The second-order valence-electron chi connectivity index (χ2n) is 5.58. The molecule has 2 aromatic heterocycles. The van der Waals surface area contributed by atoms with E-state index in [0.717, 1.165) is 16.5 Å². The molecule has 0 aliphatic carbocycles. The van der Waals surface area contributed by atoms with Crippen LogP contribution in [0, 0.1) is 0 Å². The largest absolute Gasteiger partial charge is 0.483 e. The molecule has 2 atom stereocenters. The molecule has 0 saturated carbocycles. The minimum atomic E-state index is -0.133. The molecule has 2 N–H and O–H groups in total. The molecule has 1 saturated heterocycles. The van der Waals surface area contributed by atoms with Crippen molar-refractivity contribution in [2.24, 2.45) is 5.73 Å². The zero-order chi connectivity index (χ0) is 15.8. The molecule has 23 heavy (non-hydrogen) atoms. The van der Waals surface area contributed by atoms with Crippen LogP contribution < -0.4 is 10.5 Å². The fourth-order valence-corrected chi connectivity index (χ4v) is 2.96. The van der Waals surface area contributed by atoms with Gasteiger partial charge in [-0.1, -0.05) is 18.2 Å². The normalized spacial score (nSPS) is 21.1. The zero-order valence-electron chi connectivity index (χ0n) is 12.3. The molecule has 120 valence electrons. The molecule has 0 bridgehead atoms. The lowest BCUT2D eigenvalue weighted by Crippen LogP contribution is -2.37. The number of nitrogens with zero attached hydrogens (tertiary/aromatic N) is 2. The summed E-state index contributed by atoms with van der Waals surface area (Å²) >= 11 is 6.21. The number of halogens is 1. The van der Waals surface area contributed by atoms with Gasteiger partial charge >= 0.3 is 0 Å². The molecule has 3 heterocycles. The van der Waals surface area contributed by atoms with Crippen molar-refractivity contribution >= 4 is 22.6 Å². The van der Waals surface area contributed by atoms with E-state index in [1.54, 1.807) is 10.9 Å². The van der Waals surface area contributed by atoms with Crippen LogP contribution in [0.3, 0.4) is 0 Å². The van der Waals surface area contributed by atoms with Crippen molar-refractivity contribution < 1.29 is 13.9 Å². The minimum absolute atomic E-state index is 0.106. The predicted molar refractivity (Wildman–Crippen MR) is 85.8 cm³/mol. The van der Waals surface area contributed by atoms with E-state index in [9.17, 15) is 0 Å². The van der Waals surface area contributed by atoms with Gasteiger partial charge in [-0.05, 0) is 17.7 Å². The first-order valence-corrected chi connectivity index (χ1v) is 7.77. The van der Waals surface area contributed by atoms with E-state index >= 15 is 0 Å². The van der Waals surface area contributed by atoms with E-state index in [1.165, 1.54) is 0 Å². The summed E-state index contributed by atoms with van der Waals surface area (Å²) in [6, 6.07) is 7.64. The maximum Gasteiger partial charge on any atom is 0.199 e. The van der Waals surface area contributed by atoms with Gasteiger partial charge in [0.1, 0.15) is 11.7 Å². The molecule has 0 spiro atoms. The number of fused-ring (bicyclic) bond motifs is 1. The number of ether oxygens (including phenoxy) is 2. The highest BCUT2D eigenvalue weighted by molar-refractivity contribution is 6.30. The highest BCUT2D eigenvalue weighted by Crippen LogP contribution is 2.30. The van der Waals surface area contributed by atoms with Crippen molar-refractivity contribution in [2.45, 2.75) is 18.7 Å². The number of hydrogen-bond donors (Lipinski definition) is 1. The van der Waals surface area contributed by atoms with Gasteiger partial charge in [0.15, 0.2) is 11.0 Å². The van der Waals surface area contributed by atoms with E-state index in [0.29, 0.717) is 30.7 Å². The van der Waals surface area contributed by atoms with Gasteiger partial charge in [-0.3, -0.25) is 4.68 Å². The van der Waals surface area contributed by atoms with Crippen LogP contribution in [-0.4, -0.2) is 35.1 Å². The Morgan fingerprint density at radius 3 is 3.04 bits per heavy atom. The van der Waals surface area contributed by atoms with Crippen LogP contribution in [-0.2, 0) is 11.3 Å². The second kappa shape index (κ2) is 5.88. The Balaban J connectivity index is 1.54. The first-order chi connectivity index (χ1) is 11.2. The first-order valence-electron chi connectivity index (χ1n) is 7.39. The Hall–Kier alpha value is -2.02. The summed E-state index contributed by atoms with van der Waals surface area (Å²) in [4.78, 5) is 0. The number of furan rings is 1. The summed E-state index contributed by atoms with van der Waals surface area (Å²) in [5.41, 5.74) is 7.59. The fourth-order valence-electron chi connectivity index (χ4n) is 2.72. The third kappa shape index (κ3) is 2.81. The molecule has 0 amide bonds. The topological polar surface area (TPSA) is 75.4 Å². The van der Waals surface area contributed by atoms with Crippen LogP contribution in [0.5, 0.6) is 5.75 Å². The Bertz CT molecular complexity index is 829. The van der Waals surface area contributed by atoms with E-state index < -0.39 is 0 Å². The van der Waals surface area contributed by atoms with Crippen molar-refractivity contribution in [1.29, 1.82) is 0 Å². The van der Waals surface area contributed by atoms with E-state index in [2.05, 4.69) is 5.10 Å². The molecule has 3 aromatic rings. The first kappa shape index (κ1) is 14.6. The minimum Gasteiger partial charge on any atom is -0.483 e. The average Bonchev–Trinajstić information content (AvgIpc) is 3.23. The fraction of sp³-hybridized carbons (Fsp3) is 0.312. The predicted octanol–water partition coefficient (Wildman–Crippen LogP) is 2.44. The van der Waals surface area contributed by atoms with Crippen LogP contribution >= 0.6 is 11.6 Å². The summed E-state index contributed by atoms with van der Waals surface area (Å²) in [5, 5.41) is 5.69. The third-order valence-corrected chi connectivity index (χ3v) is 4.24. The third-order valence-electron chi connectivity index (χ3n) is 3.94. The Morgan fingerprint density at radius 2 is 2.22 bits per heavy atom. The van der Waals surface area contributed by atoms with Gasteiger partial charge in [0.25, 0.3) is 0 Å². The molecule has 1 fully saturated rings. The van der Waals surface area contributed by atoms with Crippen molar-refractivity contribution in [3.05, 3.63) is 47.4 Å². The Labute approximate surface area is 137 Å². The summed E-state index contributed by atoms with van der Waals surface area (Å²) in [7, 11) is 0. The van der Waals surface area contributed by atoms with Crippen LogP contribution in [0.15, 0.2) is 41.1 Å².